The van der Waals surface area contributed by atoms with E-state index in [1.807, 2.05) is 0 Å². The fourth-order valence-corrected chi connectivity index (χ4v) is 3.42. The summed E-state index contributed by atoms with van der Waals surface area (Å²) in [4.78, 5) is 4.07. The number of thiazole rings is 1. The third-order valence-electron chi connectivity index (χ3n) is 2.14. The van der Waals surface area contributed by atoms with Crippen molar-refractivity contribution in [2.75, 3.05) is 4.72 Å². The van der Waals surface area contributed by atoms with E-state index in [4.69, 9.17) is 5.73 Å². The zero-order valence-corrected chi connectivity index (χ0v) is 10.5. The summed E-state index contributed by atoms with van der Waals surface area (Å²) >= 11 is 1.23. The number of benzene rings is 1. The monoisotopic (exact) mass is 269 g/mol. The van der Waals surface area contributed by atoms with Crippen LogP contribution in [0.25, 0.3) is 0 Å². The van der Waals surface area contributed by atoms with Gasteiger partial charge in [-0.15, -0.1) is 11.3 Å². The summed E-state index contributed by atoms with van der Waals surface area (Å²) in [6.45, 7) is 0.176. The highest BCUT2D eigenvalue weighted by Gasteiger charge is 2.18. The number of aromatic nitrogens is 1. The summed E-state index contributed by atoms with van der Waals surface area (Å²) in [6.07, 6.45) is 1.54. The molecule has 2 aromatic rings. The first-order chi connectivity index (χ1) is 8.13. The molecule has 0 spiro atoms. The van der Waals surface area contributed by atoms with Crippen molar-refractivity contribution in [2.24, 2.45) is 5.73 Å². The first-order valence-corrected chi connectivity index (χ1v) is 7.20. The topological polar surface area (TPSA) is 85.1 Å². The number of anilines is 1. The molecule has 0 amide bonds. The summed E-state index contributed by atoms with van der Waals surface area (Å²) in [5, 5.41) is 2.05. The molecule has 1 heterocycles. The van der Waals surface area contributed by atoms with Gasteiger partial charge in [-0.25, -0.2) is 13.4 Å². The van der Waals surface area contributed by atoms with Gasteiger partial charge in [-0.3, -0.25) is 4.72 Å². The molecule has 7 heteroatoms. The Labute approximate surface area is 103 Å². The lowest BCUT2D eigenvalue weighted by atomic mass is 10.2. The van der Waals surface area contributed by atoms with Crippen LogP contribution in [0.15, 0.2) is 40.7 Å². The Hall–Kier alpha value is -1.44. The van der Waals surface area contributed by atoms with Crippen LogP contribution in [-0.4, -0.2) is 13.4 Å². The Morgan fingerprint density at radius 2 is 2.12 bits per heavy atom. The Morgan fingerprint density at radius 3 is 2.76 bits per heavy atom. The third kappa shape index (κ3) is 2.63. The first kappa shape index (κ1) is 12.0. The molecular weight excluding hydrogens is 258 g/mol. The Kier molecular flexibility index (Phi) is 3.41. The van der Waals surface area contributed by atoms with E-state index in [9.17, 15) is 8.42 Å². The molecule has 2 rings (SSSR count). The molecule has 0 saturated carbocycles. The fourth-order valence-electron chi connectivity index (χ4n) is 1.38. The van der Waals surface area contributed by atoms with Gasteiger partial charge in [0.15, 0.2) is 5.13 Å². The zero-order valence-electron chi connectivity index (χ0n) is 8.83. The van der Waals surface area contributed by atoms with Gasteiger partial charge in [-0.1, -0.05) is 18.2 Å². The normalized spacial score (nSPS) is 11.4. The van der Waals surface area contributed by atoms with Gasteiger partial charge in [0.05, 0.1) is 4.90 Å². The van der Waals surface area contributed by atoms with Crippen LogP contribution >= 0.6 is 11.3 Å². The van der Waals surface area contributed by atoms with Crippen LogP contribution in [0.4, 0.5) is 5.13 Å². The smallest absolute Gasteiger partial charge is 0.263 e. The highest BCUT2D eigenvalue weighted by molar-refractivity contribution is 7.93. The molecule has 0 unspecified atom stereocenters. The standard InChI is InChI=1S/C10H11N3O2S2/c11-7-8-3-1-2-4-9(8)17(14,15)13-10-12-5-6-16-10/h1-6H,7,11H2,(H,12,13). The second-order valence-electron chi connectivity index (χ2n) is 3.25. The predicted molar refractivity (Wildman–Crippen MR) is 67.3 cm³/mol. The van der Waals surface area contributed by atoms with E-state index in [1.54, 1.807) is 23.6 Å². The van der Waals surface area contributed by atoms with Gasteiger partial charge in [0.1, 0.15) is 0 Å². The lowest BCUT2D eigenvalue weighted by Crippen LogP contribution is -2.16. The number of nitrogens with one attached hydrogen (secondary N) is 1. The largest absolute Gasteiger partial charge is 0.326 e. The van der Waals surface area contributed by atoms with Crippen molar-refractivity contribution < 1.29 is 8.42 Å². The van der Waals surface area contributed by atoms with E-state index in [-0.39, 0.29) is 11.4 Å². The van der Waals surface area contributed by atoms with Crippen LogP contribution in [-0.2, 0) is 16.6 Å². The third-order valence-corrected chi connectivity index (χ3v) is 4.39. The molecule has 0 aliphatic heterocycles. The van der Waals surface area contributed by atoms with Crippen molar-refractivity contribution >= 4 is 26.5 Å². The lowest BCUT2D eigenvalue weighted by molar-refractivity contribution is 0.600. The SMILES string of the molecule is NCc1ccccc1S(=O)(=O)Nc1nccs1. The lowest BCUT2D eigenvalue weighted by Gasteiger charge is -2.08. The number of nitrogens with zero attached hydrogens (tertiary/aromatic N) is 1. The van der Waals surface area contributed by atoms with Gasteiger partial charge in [-0.05, 0) is 11.6 Å². The molecule has 1 aromatic heterocycles. The van der Waals surface area contributed by atoms with Gasteiger partial charge in [0.2, 0.25) is 0 Å². The van der Waals surface area contributed by atoms with Gasteiger partial charge in [0.25, 0.3) is 10.0 Å². The average Bonchev–Trinajstić information content (AvgIpc) is 2.81. The molecule has 0 atom stereocenters. The second kappa shape index (κ2) is 4.82. The van der Waals surface area contributed by atoms with Crippen LogP contribution in [0, 0.1) is 0 Å². The number of rotatable bonds is 4. The summed E-state index contributed by atoms with van der Waals surface area (Å²) in [6, 6.07) is 6.63. The van der Waals surface area contributed by atoms with Crippen LogP contribution in [0.5, 0.6) is 0 Å². The van der Waals surface area contributed by atoms with E-state index < -0.39 is 10.0 Å². The Balaban J connectivity index is 2.38. The number of hydrogen-bond donors (Lipinski definition) is 2. The number of sulfonamides is 1. The van der Waals surface area contributed by atoms with Gasteiger partial charge < -0.3 is 5.73 Å². The maximum atomic E-state index is 12.1. The maximum absolute atomic E-state index is 12.1. The van der Waals surface area contributed by atoms with E-state index in [0.717, 1.165) is 0 Å². The van der Waals surface area contributed by atoms with Crippen molar-refractivity contribution in [1.29, 1.82) is 0 Å². The molecule has 3 N–H and O–H groups in total. The van der Waals surface area contributed by atoms with Crippen LogP contribution in [0.1, 0.15) is 5.56 Å². The van der Waals surface area contributed by atoms with Crippen molar-refractivity contribution in [3.8, 4) is 0 Å². The van der Waals surface area contributed by atoms with Crippen molar-refractivity contribution in [1.82, 2.24) is 4.98 Å². The van der Waals surface area contributed by atoms with Crippen LogP contribution < -0.4 is 10.5 Å². The highest BCUT2D eigenvalue weighted by atomic mass is 32.2. The predicted octanol–water partition coefficient (Wildman–Crippen LogP) is 1.40. The fraction of sp³-hybridized carbons (Fsp3) is 0.100. The van der Waals surface area contributed by atoms with Crippen LogP contribution in [0.2, 0.25) is 0 Å². The van der Waals surface area contributed by atoms with Crippen molar-refractivity contribution in [3.63, 3.8) is 0 Å². The van der Waals surface area contributed by atoms with E-state index >= 15 is 0 Å². The Morgan fingerprint density at radius 1 is 1.35 bits per heavy atom. The quantitative estimate of drug-likeness (QED) is 0.878. The summed E-state index contributed by atoms with van der Waals surface area (Å²) < 4.78 is 26.6. The average molecular weight is 269 g/mol. The molecule has 5 nitrogen and oxygen atoms in total. The van der Waals surface area contributed by atoms with Gasteiger partial charge >= 0.3 is 0 Å². The molecule has 0 fully saturated rings. The number of nitrogens with two attached hydrogens (primary N) is 1. The molecule has 0 saturated heterocycles. The zero-order chi connectivity index (χ0) is 12.3. The molecule has 17 heavy (non-hydrogen) atoms. The molecular formula is C10H11N3O2S2. The molecule has 0 radical (unpaired) electrons. The van der Waals surface area contributed by atoms with Gasteiger partial charge in [-0.2, -0.15) is 0 Å². The van der Waals surface area contributed by atoms with Gasteiger partial charge in [0, 0.05) is 18.1 Å². The van der Waals surface area contributed by atoms with E-state index in [2.05, 4.69) is 9.71 Å². The number of hydrogen-bond acceptors (Lipinski definition) is 5. The van der Waals surface area contributed by atoms with Crippen molar-refractivity contribution in [3.05, 3.63) is 41.4 Å². The summed E-state index contributed by atoms with van der Waals surface area (Å²) in [5.41, 5.74) is 6.10. The first-order valence-electron chi connectivity index (χ1n) is 4.84. The van der Waals surface area contributed by atoms with Crippen molar-refractivity contribution in [2.45, 2.75) is 11.4 Å². The minimum Gasteiger partial charge on any atom is -0.326 e. The molecule has 0 bridgehead atoms. The second-order valence-corrected chi connectivity index (χ2v) is 5.80. The van der Waals surface area contributed by atoms with E-state index in [1.165, 1.54) is 23.6 Å². The Bertz CT molecular complexity index is 594. The van der Waals surface area contributed by atoms with E-state index in [0.29, 0.717) is 10.7 Å². The van der Waals surface area contributed by atoms with Crippen LogP contribution in [0.3, 0.4) is 0 Å². The maximum Gasteiger partial charge on any atom is 0.263 e. The summed E-state index contributed by atoms with van der Waals surface area (Å²) in [5.74, 6) is 0. The minimum absolute atomic E-state index is 0.176. The summed E-state index contributed by atoms with van der Waals surface area (Å²) in [7, 11) is -3.61. The molecule has 0 aliphatic rings. The highest BCUT2D eigenvalue weighted by Crippen LogP contribution is 2.20. The minimum atomic E-state index is -3.61. The molecule has 90 valence electrons. The molecule has 1 aromatic carbocycles. The molecule has 0 aliphatic carbocycles.